The summed E-state index contributed by atoms with van der Waals surface area (Å²) in [5.41, 5.74) is 0. The fourth-order valence-corrected chi connectivity index (χ4v) is 2.52. The van der Waals surface area contributed by atoms with Gasteiger partial charge in [-0.15, -0.1) is 0 Å². The van der Waals surface area contributed by atoms with Crippen molar-refractivity contribution in [2.45, 2.75) is 25.4 Å². The van der Waals surface area contributed by atoms with Crippen molar-refractivity contribution in [1.82, 2.24) is 4.90 Å². The van der Waals surface area contributed by atoms with Crippen LogP contribution in [0.15, 0.2) is 12.1 Å². The normalized spacial score (nSPS) is 15.1. The second-order valence-corrected chi connectivity index (χ2v) is 5.17. The molecular weight excluding hydrogens is 244 g/mol. The SMILES string of the molecule is O=C(O)CN(Cc1ccc([N+](=O)[O-])s1)C1CC1. The maximum Gasteiger partial charge on any atom is 0.324 e. The zero-order valence-electron chi connectivity index (χ0n) is 9.04. The zero-order chi connectivity index (χ0) is 12.4. The second kappa shape index (κ2) is 4.80. The number of nitrogens with zero attached hydrogens (tertiary/aromatic N) is 2. The van der Waals surface area contributed by atoms with E-state index in [2.05, 4.69) is 0 Å². The summed E-state index contributed by atoms with van der Waals surface area (Å²) in [7, 11) is 0. The smallest absolute Gasteiger partial charge is 0.324 e. The zero-order valence-corrected chi connectivity index (χ0v) is 9.85. The molecule has 0 radical (unpaired) electrons. The number of aliphatic carboxylic acids is 1. The van der Waals surface area contributed by atoms with Crippen molar-refractivity contribution < 1.29 is 14.8 Å². The molecule has 1 N–H and O–H groups in total. The van der Waals surface area contributed by atoms with E-state index >= 15 is 0 Å². The largest absolute Gasteiger partial charge is 0.480 e. The van der Waals surface area contributed by atoms with Crippen LogP contribution in [0.3, 0.4) is 0 Å². The van der Waals surface area contributed by atoms with Gasteiger partial charge in [-0.2, -0.15) is 0 Å². The van der Waals surface area contributed by atoms with Crippen molar-refractivity contribution >= 4 is 22.3 Å². The van der Waals surface area contributed by atoms with Gasteiger partial charge >= 0.3 is 11.0 Å². The minimum Gasteiger partial charge on any atom is -0.480 e. The first kappa shape index (κ1) is 12.0. The van der Waals surface area contributed by atoms with Gasteiger partial charge in [0.05, 0.1) is 11.5 Å². The molecule has 0 saturated heterocycles. The van der Waals surface area contributed by atoms with Crippen molar-refractivity contribution in [1.29, 1.82) is 0 Å². The minimum atomic E-state index is -0.858. The lowest BCUT2D eigenvalue weighted by molar-refractivity contribution is -0.380. The van der Waals surface area contributed by atoms with E-state index in [4.69, 9.17) is 5.11 Å². The standard InChI is InChI=1S/C10H12N2O4S/c13-10(14)6-11(7-1-2-7)5-8-3-4-9(17-8)12(15)16/h3-4,7H,1-2,5-6H2,(H,13,14). The van der Waals surface area contributed by atoms with Crippen LogP contribution >= 0.6 is 11.3 Å². The molecule has 0 aliphatic heterocycles. The van der Waals surface area contributed by atoms with Gasteiger partial charge in [-0.1, -0.05) is 11.3 Å². The number of carboxylic acids is 1. The first-order valence-corrected chi connectivity index (χ1v) is 6.07. The first-order chi connectivity index (χ1) is 8.06. The molecule has 1 aromatic rings. The van der Waals surface area contributed by atoms with Crippen molar-refractivity contribution in [3.8, 4) is 0 Å². The quantitative estimate of drug-likeness (QED) is 0.618. The highest BCUT2D eigenvalue weighted by atomic mass is 32.1. The first-order valence-electron chi connectivity index (χ1n) is 5.25. The van der Waals surface area contributed by atoms with Crippen LogP contribution in [0.2, 0.25) is 0 Å². The van der Waals surface area contributed by atoms with E-state index in [0.717, 1.165) is 29.1 Å². The van der Waals surface area contributed by atoms with Gasteiger partial charge in [-0.05, 0) is 18.9 Å². The fraction of sp³-hybridized carbons (Fsp3) is 0.500. The van der Waals surface area contributed by atoms with E-state index in [1.165, 1.54) is 6.07 Å². The molecule has 0 spiro atoms. The average molecular weight is 256 g/mol. The Morgan fingerprint density at radius 3 is 2.76 bits per heavy atom. The van der Waals surface area contributed by atoms with Crippen molar-refractivity contribution in [3.05, 3.63) is 27.1 Å². The van der Waals surface area contributed by atoms with E-state index in [1.807, 2.05) is 4.90 Å². The Balaban J connectivity index is 2.01. The Labute approximate surface area is 102 Å². The summed E-state index contributed by atoms with van der Waals surface area (Å²) >= 11 is 1.11. The number of rotatable bonds is 6. The average Bonchev–Trinajstić information content (AvgIpc) is 2.97. The number of thiophene rings is 1. The van der Waals surface area contributed by atoms with E-state index in [0.29, 0.717) is 12.6 Å². The number of nitro groups is 1. The molecular formula is C10H12N2O4S. The third-order valence-electron chi connectivity index (χ3n) is 2.59. The van der Waals surface area contributed by atoms with Gasteiger partial charge in [-0.25, -0.2) is 0 Å². The highest BCUT2D eigenvalue weighted by Crippen LogP contribution is 2.31. The van der Waals surface area contributed by atoms with Gasteiger partial charge in [0, 0.05) is 23.5 Å². The summed E-state index contributed by atoms with van der Waals surface area (Å²) in [6, 6.07) is 3.48. The molecule has 2 rings (SSSR count). The van der Waals surface area contributed by atoms with E-state index in [1.54, 1.807) is 6.07 Å². The lowest BCUT2D eigenvalue weighted by Gasteiger charge is -2.18. The predicted octanol–water partition coefficient (Wildman–Crippen LogP) is 1.71. The maximum atomic E-state index is 10.7. The number of carboxylic acid groups (broad SMARTS) is 1. The summed E-state index contributed by atoms with van der Waals surface area (Å²) in [5, 5.41) is 19.4. The van der Waals surface area contributed by atoms with Gasteiger partial charge in [0.25, 0.3) is 0 Å². The Bertz CT molecular complexity index is 441. The molecule has 7 heteroatoms. The molecule has 1 saturated carbocycles. The molecule has 1 fully saturated rings. The molecule has 1 aliphatic carbocycles. The highest BCUT2D eigenvalue weighted by Gasteiger charge is 2.30. The number of hydrogen-bond acceptors (Lipinski definition) is 5. The van der Waals surface area contributed by atoms with Crippen LogP contribution in [0, 0.1) is 10.1 Å². The van der Waals surface area contributed by atoms with Crippen LogP contribution in [-0.4, -0.2) is 33.5 Å². The summed E-state index contributed by atoms with van der Waals surface area (Å²) in [5.74, 6) is -0.858. The van der Waals surface area contributed by atoms with Crippen molar-refractivity contribution in [3.63, 3.8) is 0 Å². The molecule has 1 heterocycles. The molecule has 0 amide bonds. The van der Waals surface area contributed by atoms with Crippen molar-refractivity contribution in [2.75, 3.05) is 6.54 Å². The predicted molar refractivity (Wildman–Crippen MR) is 62.0 cm³/mol. The Morgan fingerprint density at radius 2 is 2.29 bits per heavy atom. The molecule has 0 bridgehead atoms. The second-order valence-electron chi connectivity index (χ2n) is 4.03. The maximum absolute atomic E-state index is 10.7. The van der Waals surface area contributed by atoms with Gasteiger partial charge in [0.1, 0.15) is 0 Å². The third kappa shape index (κ3) is 3.24. The molecule has 1 aliphatic rings. The van der Waals surface area contributed by atoms with Crippen molar-refractivity contribution in [2.24, 2.45) is 0 Å². The Kier molecular flexibility index (Phi) is 3.39. The summed E-state index contributed by atoms with van der Waals surface area (Å²) in [6.07, 6.45) is 2.03. The summed E-state index contributed by atoms with van der Waals surface area (Å²) in [6.45, 7) is 0.478. The molecule has 0 aromatic carbocycles. The van der Waals surface area contributed by atoms with Crippen LogP contribution < -0.4 is 0 Å². The third-order valence-corrected chi connectivity index (χ3v) is 3.61. The molecule has 0 unspecified atom stereocenters. The van der Waals surface area contributed by atoms with E-state index in [9.17, 15) is 14.9 Å². The Hall–Kier alpha value is -1.47. The van der Waals surface area contributed by atoms with Gasteiger partial charge in [-0.3, -0.25) is 19.8 Å². The monoisotopic (exact) mass is 256 g/mol. The van der Waals surface area contributed by atoms with Crippen LogP contribution in [0.1, 0.15) is 17.7 Å². The van der Waals surface area contributed by atoms with Crippen LogP contribution in [-0.2, 0) is 11.3 Å². The molecule has 0 atom stereocenters. The van der Waals surface area contributed by atoms with E-state index in [-0.39, 0.29) is 11.5 Å². The molecule has 1 aromatic heterocycles. The van der Waals surface area contributed by atoms with Crippen LogP contribution in [0.4, 0.5) is 5.00 Å². The van der Waals surface area contributed by atoms with Crippen LogP contribution in [0.5, 0.6) is 0 Å². The lowest BCUT2D eigenvalue weighted by Crippen LogP contribution is -2.30. The van der Waals surface area contributed by atoms with Gasteiger partial charge in [0.15, 0.2) is 0 Å². The number of hydrogen-bond donors (Lipinski definition) is 1. The molecule has 92 valence electrons. The number of carbonyl (C=O) groups is 1. The lowest BCUT2D eigenvalue weighted by atomic mass is 10.4. The fourth-order valence-electron chi connectivity index (χ4n) is 1.68. The highest BCUT2D eigenvalue weighted by molar-refractivity contribution is 7.15. The summed E-state index contributed by atoms with van der Waals surface area (Å²) < 4.78 is 0. The van der Waals surface area contributed by atoms with Crippen LogP contribution in [0.25, 0.3) is 0 Å². The summed E-state index contributed by atoms with van der Waals surface area (Å²) in [4.78, 5) is 23.5. The van der Waals surface area contributed by atoms with E-state index < -0.39 is 10.9 Å². The molecule has 6 nitrogen and oxygen atoms in total. The van der Waals surface area contributed by atoms with Gasteiger partial charge in [0.2, 0.25) is 0 Å². The van der Waals surface area contributed by atoms with Gasteiger partial charge < -0.3 is 5.11 Å². The Morgan fingerprint density at radius 1 is 1.59 bits per heavy atom. The topological polar surface area (TPSA) is 83.7 Å². The minimum absolute atomic E-state index is 0.00361. The molecule has 17 heavy (non-hydrogen) atoms.